The van der Waals surface area contributed by atoms with E-state index in [0.717, 1.165) is 11.3 Å². The number of nitrogens with zero attached hydrogens (tertiary/aromatic N) is 1. The number of anilines is 2. The Bertz CT molecular complexity index is 630. The molecule has 0 spiro atoms. The molecule has 2 aromatic rings. The third kappa shape index (κ3) is 3.02. The van der Waals surface area contributed by atoms with Crippen molar-refractivity contribution < 1.29 is 13.9 Å². The van der Waals surface area contributed by atoms with E-state index < -0.39 is 11.8 Å². The van der Waals surface area contributed by atoms with Crippen LogP contribution in [0.2, 0.25) is 5.02 Å². The van der Waals surface area contributed by atoms with Gasteiger partial charge in [-0.1, -0.05) is 22.9 Å². The third-order valence-corrected chi connectivity index (χ3v) is 3.63. The molecule has 4 nitrogen and oxygen atoms in total. The number of halogens is 2. The van der Waals surface area contributed by atoms with Crippen molar-refractivity contribution in [2.75, 3.05) is 12.4 Å². The molecule has 0 saturated carbocycles. The summed E-state index contributed by atoms with van der Waals surface area (Å²) in [5, 5.41) is 3.60. The van der Waals surface area contributed by atoms with E-state index in [1.54, 1.807) is 6.92 Å². The highest BCUT2D eigenvalue weighted by Crippen LogP contribution is 2.28. The van der Waals surface area contributed by atoms with Gasteiger partial charge in [-0.15, -0.1) is 0 Å². The summed E-state index contributed by atoms with van der Waals surface area (Å²) >= 11 is 6.89. The molecule has 0 saturated heterocycles. The van der Waals surface area contributed by atoms with Gasteiger partial charge in [-0.25, -0.2) is 14.2 Å². The second kappa shape index (κ2) is 5.54. The average Bonchev–Trinajstić information content (AvgIpc) is 2.74. The molecule has 0 amide bonds. The summed E-state index contributed by atoms with van der Waals surface area (Å²) in [7, 11) is 1.30. The first-order valence-corrected chi connectivity index (χ1v) is 6.48. The number of carbonyl (C=O) groups excluding carboxylic acids is 1. The van der Waals surface area contributed by atoms with E-state index in [0.29, 0.717) is 20.7 Å². The van der Waals surface area contributed by atoms with Crippen molar-refractivity contribution in [1.29, 1.82) is 0 Å². The monoisotopic (exact) mass is 300 g/mol. The van der Waals surface area contributed by atoms with Gasteiger partial charge in [-0.2, -0.15) is 0 Å². The summed E-state index contributed by atoms with van der Waals surface area (Å²) in [5.74, 6) is -0.911. The minimum absolute atomic E-state index is 0.206. The lowest BCUT2D eigenvalue weighted by Crippen LogP contribution is -1.99. The molecule has 7 heteroatoms. The van der Waals surface area contributed by atoms with Gasteiger partial charge in [0.1, 0.15) is 10.7 Å². The van der Waals surface area contributed by atoms with Gasteiger partial charge >= 0.3 is 5.97 Å². The van der Waals surface area contributed by atoms with Gasteiger partial charge in [0.2, 0.25) is 0 Å². The third-order valence-electron chi connectivity index (χ3n) is 2.34. The van der Waals surface area contributed by atoms with E-state index in [9.17, 15) is 9.18 Å². The molecule has 19 heavy (non-hydrogen) atoms. The molecular formula is C12H10ClFN2O2S. The van der Waals surface area contributed by atoms with Crippen LogP contribution in [-0.4, -0.2) is 18.1 Å². The van der Waals surface area contributed by atoms with Crippen LogP contribution < -0.4 is 5.32 Å². The number of rotatable bonds is 3. The lowest BCUT2D eigenvalue weighted by molar-refractivity contribution is 0.0605. The molecule has 1 N–H and O–H groups in total. The molecule has 0 atom stereocenters. The van der Waals surface area contributed by atoms with Crippen molar-refractivity contribution in [3.8, 4) is 0 Å². The predicted molar refractivity (Wildman–Crippen MR) is 72.9 cm³/mol. The largest absolute Gasteiger partial charge is 0.465 e. The number of aromatic nitrogens is 1. The number of aryl methyl sites for hydroxylation is 1. The Hall–Kier alpha value is -1.66. The quantitative estimate of drug-likeness (QED) is 0.877. The zero-order chi connectivity index (χ0) is 14.0. The number of methoxy groups -OCH3 is 1. The highest BCUT2D eigenvalue weighted by molar-refractivity contribution is 7.17. The summed E-state index contributed by atoms with van der Waals surface area (Å²) < 4.78 is 18.2. The van der Waals surface area contributed by atoms with Crippen LogP contribution in [0.4, 0.5) is 15.2 Å². The Morgan fingerprint density at radius 2 is 2.26 bits per heavy atom. The number of thiazole rings is 1. The standard InChI is InChI=1S/C12H10ClFN2O2S/c1-6-10(11(17)18-2)19-12(15-6)16-9-5-7(13)3-4-8(9)14/h3-5H,1-2H3,(H,15,16). The van der Waals surface area contributed by atoms with E-state index in [1.807, 2.05) is 0 Å². The van der Waals surface area contributed by atoms with Crippen molar-refractivity contribution in [3.63, 3.8) is 0 Å². The van der Waals surface area contributed by atoms with Crippen LogP contribution >= 0.6 is 22.9 Å². The Morgan fingerprint density at radius 1 is 1.53 bits per heavy atom. The Balaban J connectivity index is 2.29. The van der Waals surface area contributed by atoms with E-state index in [4.69, 9.17) is 11.6 Å². The van der Waals surface area contributed by atoms with Crippen molar-refractivity contribution in [1.82, 2.24) is 4.98 Å². The fourth-order valence-electron chi connectivity index (χ4n) is 1.44. The Labute approximate surface area is 118 Å². The molecule has 0 bridgehead atoms. The van der Waals surface area contributed by atoms with E-state index in [1.165, 1.54) is 25.3 Å². The van der Waals surface area contributed by atoms with Gasteiger partial charge in [0.05, 0.1) is 18.5 Å². The zero-order valence-corrected chi connectivity index (χ0v) is 11.7. The number of hydrogen-bond donors (Lipinski definition) is 1. The van der Waals surface area contributed by atoms with Crippen molar-refractivity contribution in [2.45, 2.75) is 6.92 Å². The fourth-order valence-corrected chi connectivity index (χ4v) is 2.51. The fraction of sp³-hybridized carbons (Fsp3) is 0.167. The highest BCUT2D eigenvalue weighted by Gasteiger charge is 2.16. The molecule has 0 aliphatic heterocycles. The van der Waals surface area contributed by atoms with Gasteiger partial charge in [-0.3, -0.25) is 0 Å². The number of ether oxygens (including phenoxy) is 1. The van der Waals surface area contributed by atoms with Gasteiger partial charge in [0.15, 0.2) is 5.13 Å². The van der Waals surface area contributed by atoms with E-state index in [-0.39, 0.29) is 5.69 Å². The van der Waals surface area contributed by atoms with Crippen LogP contribution in [0.5, 0.6) is 0 Å². The summed E-state index contributed by atoms with van der Waals surface area (Å²) in [6.07, 6.45) is 0. The summed E-state index contributed by atoms with van der Waals surface area (Å²) in [6.45, 7) is 1.68. The smallest absolute Gasteiger partial charge is 0.350 e. The molecule has 100 valence electrons. The summed E-state index contributed by atoms with van der Waals surface area (Å²) in [5.41, 5.74) is 0.736. The zero-order valence-electron chi connectivity index (χ0n) is 10.2. The average molecular weight is 301 g/mol. The molecule has 1 aromatic carbocycles. The molecule has 0 aliphatic rings. The minimum atomic E-state index is -0.463. The summed E-state index contributed by atoms with van der Waals surface area (Å²) in [4.78, 5) is 16.0. The van der Waals surface area contributed by atoms with Crippen molar-refractivity contribution in [3.05, 3.63) is 39.6 Å². The van der Waals surface area contributed by atoms with Crippen LogP contribution in [0.25, 0.3) is 0 Å². The molecular weight excluding hydrogens is 291 g/mol. The van der Waals surface area contributed by atoms with Gasteiger partial charge in [0.25, 0.3) is 0 Å². The van der Waals surface area contributed by atoms with E-state index in [2.05, 4.69) is 15.0 Å². The Kier molecular flexibility index (Phi) is 4.01. The number of hydrogen-bond acceptors (Lipinski definition) is 5. The maximum absolute atomic E-state index is 13.6. The van der Waals surface area contributed by atoms with Gasteiger partial charge < -0.3 is 10.1 Å². The molecule has 0 aliphatic carbocycles. The number of nitrogens with one attached hydrogen (secondary N) is 1. The number of benzene rings is 1. The van der Waals surface area contributed by atoms with Crippen LogP contribution in [0.1, 0.15) is 15.4 Å². The SMILES string of the molecule is COC(=O)c1sc(Nc2cc(Cl)ccc2F)nc1C. The summed E-state index contributed by atoms with van der Waals surface area (Å²) in [6, 6.07) is 4.16. The molecule has 1 aromatic heterocycles. The topological polar surface area (TPSA) is 51.2 Å². The van der Waals surface area contributed by atoms with Crippen LogP contribution in [0, 0.1) is 12.7 Å². The second-order valence-electron chi connectivity index (χ2n) is 3.67. The molecule has 0 radical (unpaired) electrons. The second-order valence-corrected chi connectivity index (χ2v) is 5.11. The Morgan fingerprint density at radius 3 is 2.95 bits per heavy atom. The maximum atomic E-state index is 13.6. The van der Waals surface area contributed by atoms with Crippen molar-refractivity contribution >= 4 is 39.7 Å². The lowest BCUT2D eigenvalue weighted by Gasteiger charge is -2.04. The number of carbonyl (C=O) groups is 1. The predicted octanol–water partition coefficient (Wildman–Crippen LogP) is 3.77. The molecule has 2 rings (SSSR count). The van der Waals surface area contributed by atoms with Crippen molar-refractivity contribution in [2.24, 2.45) is 0 Å². The minimum Gasteiger partial charge on any atom is -0.465 e. The highest BCUT2D eigenvalue weighted by atomic mass is 35.5. The number of esters is 1. The van der Waals surface area contributed by atoms with E-state index >= 15 is 0 Å². The van der Waals surface area contributed by atoms with Crippen LogP contribution in [-0.2, 0) is 4.74 Å². The first-order valence-electron chi connectivity index (χ1n) is 5.29. The van der Waals surface area contributed by atoms with Gasteiger partial charge in [-0.05, 0) is 25.1 Å². The van der Waals surface area contributed by atoms with Crippen LogP contribution in [0.15, 0.2) is 18.2 Å². The first kappa shape index (κ1) is 13.8. The lowest BCUT2D eigenvalue weighted by atomic mass is 10.3. The maximum Gasteiger partial charge on any atom is 0.350 e. The molecule has 1 heterocycles. The normalized spacial score (nSPS) is 10.3. The molecule has 0 fully saturated rings. The first-order chi connectivity index (χ1) is 9.01. The molecule has 0 unspecified atom stereocenters. The van der Waals surface area contributed by atoms with Gasteiger partial charge in [0, 0.05) is 5.02 Å². The van der Waals surface area contributed by atoms with Crippen LogP contribution in [0.3, 0.4) is 0 Å².